The zero-order valence-electron chi connectivity index (χ0n) is 14.4. The highest BCUT2D eigenvalue weighted by Crippen LogP contribution is 2.25. The molecule has 0 saturated carbocycles. The number of hydrogen-bond acceptors (Lipinski definition) is 4. The van der Waals surface area contributed by atoms with Crippen molar-refractivity contribution in [1.29, 1.82) is 0 Å². The summed E-state index contributed by atoms with van der Waals surface area (Å²) in [7, 11) is 0. The SMILES string of the molecule is CC1CC(CN)CN1C(=O)c1cccc(NC(=O)C2CCCO2)c1.Cl. The highest BCUT2D eigenvalue weighted by Gasteiger charge is 2.32. The molecule has 2 amide bonds. The Hall–Kier alpha value is -1.63. The standard InChI is InChI=1S/C18H25N3O3.ClH/c1-12-8-13(10-19)11-21(12)18(23)14-4-2-5-15(9-14)20-17(22)16-6-3-7-24-16;/h2,4-5,9,12-13,16H,3,6-8,10-11,19H2,1H3,(H,20,22);1H. The lowest BCUT2D eigenvalue weighted by molar-refractivity contribution is -0.124. The molecule has 3 rings (SSSR count). The second-order valence-electron chi connectivity index (χ2n) is 6.72. The molecule has 3 atom stereocenters. The van der Waals surface area contributed by atoms with Gasteiger partial charge in [-0.15, -0.1) is 12.4 Å². The summed E-state index contributed by atoms with van der Waals surface area (Å²) in [6.07, 6.45) is 2.22. The van der Waals surface area contributed by atoms with Crippen molar-refractivity contribution in [3.63, 3.8) is 0 Å². The van der Waals surface area contributed by atoms with Crippen LogP contribution < -0.4 is 11.1 Å². The van der Waals surface area contributed by atoms with Crippen molar-refractivity contribution in [1.82, 2.24) is 4.90 Å². The molecule has 2 fully saturated rings. The van der Waals surface area contributed by atoms with Crippen LogP contribution in [-0.2, 0) is 9.53 Å². The summed E-state index contributed by atoms with van der Waals surface area (Å²) in [4.78, 5) is 26.8. The van der Waals surface area contributed by atoms with Gasteiger partial charge < -0.3 is 20.7 Å². The molecule has 0 aliphatic carbocycles. The number of halogens is 1. The van der Waals surface area contributed by atoms with Crippen LogP contribution in [-0.4, -0.2) is 48.6 Å². The maximum Gasteiger partial charge on any atom is 0.254 e. The van der Waals surface area contributed by atoms with Crippen LogP contribution in [0, 0.1) is 5.92 Å². The van der Waals surface area contributed by atoms with E-state index in [0.717, 1.165) is 19.3 Å². The molecule has 1 aromatic carbocycles. The molecule has 0 spiro atoms. The van der Waals surface area contributed by atoms with E-state index in [0.29, 0.717) is 36.9 Å². The molecule has 0 aromatic heterocycles. The van der Waals surface area contributed by atoms with Gasteiger partial charge >= 0.3 is 0 Å². The fourth-order valence-electron chi connectivity index (χ4n) is 3.50. The van der Waals surface area contributed by atoms with Gasteiger partial charge in [-0.2, -0.15) is 0 Å². The molecule has 25 heavy (non-hydrogen) atoms. The van der Waals surface area contributed by atoms with Gasteiger partial charge in [0.2, 0.25) is 0 Å². The van der Waals surface area contributed by atoms with Crippen molar-refractivity contribution in [2.45, 2.75) is 38.3 Å². The molecule has 2 saturated heterocycles. The van der Waals surface area contributed by atoms with Crippen LogP contribution in [0.5, 0.6) is 0 Å². The van der Waals surface area contributed by atoms with Gasteiger partial charge in [-0.25, -0.2) is 0 Å². The third kappa shape index (κ3) is 4.51. The van der Waals surface area contributed by atoms with E-state index in [1.54, 1.807) is 24.3 Å². The number of carbonyl (C=O) groups is 2. The van der Waals surface area contributed by atoms with Gasteiger partial charge in [0.15, 0.2) is 0 Å². The Morgan fingerprint density at radius 1 is 1.40 bits per heavy atom. The third-order valence-electron chi connectivity index (χ3n) is 4.85. The van der Waals surface area contributed by atoms with Crippen molar-refractivity contribution in [2.75, 3.05) is 25.0 Å². The molecule has 138 valence electrons. The molecule has 0 bridgehead atoms. The van der Waals surface area contributed by atoms with E-state index in [1.165, 1.54) is 0 Å². The molecule has 3 N–H and O–H groups in total. The van der Waals surface area contributed by atoms with Crippen LogP contribution in [0.3, 0.4) is 0 Å². The van der Waals surface area contributed by atoms with Crippen molar-refractivity contribution in [3.05, 3.63) is 29.8 Å². The minimum atomic E-state index is -0.381. The summed E-state index contributed by atoms with van der Waals surface area (Å²) in [5.74, 6) is 0.216. The number of hydrogen-bond donors (Lipinski definition) is 2. The number of carbonyl (C=O) groups excluding carboxylic acids is 2. The monoisotopic (exact) mass is 367 g/mol. The van der Waals surface area contributed by atoms with Crippen molar-refractivity contribution < 1.29 is 14.3 Å². The van der Waals surface area contributed by atoms with E-state index in [-0.39, 0.29) is 36.4 Å². The Bertz CT molecular complexity index is 619. The first-order valence-corrected chi connectivity index (χ1v) is 8.62. The molecule has 1 aromatic rings. The zero-order valence-corrected chi connectivity index (χ0v) is 15.3. The van der Waals surface area contributed by atoms with Gasteiger partial charge in [0.05, 0.1) is 0 Å². The van der Waals surface area contributed by atoms with Crippen LogP contribution in [0.1, 0.15) is 36.5 Å². The Labute approximate surface area is 154 Å². The highest BCUT2D eigenvalue weighted by atomic mass is 35.5. The van der Waals surface area contributed by atoms with E-state index < -0.39 is 0 Å². The van der Waals surface area contributed by atoms with Crippen molar-refractivity contribution in [3.8, 4) is 0 Å². The molecular weight excluding hydrogens is 342 g/mol. The summed E-state index contributed by atoms with van der Waals surface area (Å²) in [5.41, 5.74) is 6.95. The first-order chi connectivity index (χ1) is 11.6. The molecule has 0 radical (unpaired) electrons. The number of anilines is 1. The molecule has 3 unspecified atom stereocenters. The van der Waals surface area contributed by atoms with Gasteiger partial charge in [-0.05, 0) is 56.8 Å². The lowest BCUT2D eigenvalue weighted by Crippen LogP contribution is -2.34. The van der Waals surface area contributed by atoms with Crippen LogP contribution in [0.15, 0.2) is 24.3 Å². The summed E-state index contributed by atoms with van der Waals surface area (Å²) in [6.45, 7) is 3.98. The van der Waals surface area contributed by atoms with E-state index in [9.17, 15) is 9.59 Å². The number of nitrogens with two attached hydrogens (primary N) is 1. The van der Waals surface area contributed by atoms with E-state index in [1.807, 2.05) is 4.90 Å². The number of nitrogens with one attached hydrogen (secondary N) is 1. The average molecular weight is 368 g/mol. The Morgan fingerprint density at radius 3 is 2.84 bits per heavy atom. The van der Waals surface area contributed by atoms with Crippen LogP contribution in [0.4, 0.5) is 5.69 Å². The number of benzene rings is 1. The summed E-state index contributed by atoms with van der Waals surface area (Å²) in [6, 6.07) is 7.29. The normalized spacial score (nSPS) is 25.5. The van der Waals surface area contributed by atoms with E-state index in [4.69, 9.17) is 10.5 Å². The lowest BCUT2D eigenvalue weighted by atomic mass is 10.1. The Kier molecular flexibility index (Phi) is 6.81. The fraction of sp³-hybridized carbons (Fsp3) is 0.556. The van der Waals surface area contributed by atoms with Crippen LogP contribution >= 0.6 is 12.4 Å². The largest absolute Gasteiger partial charge is 0.368 e. The molecule has 2 heterocycles. The number of rotatable bonds is 4. The summed E-state index contributed by atoms with van der Waals surface area (Å²) < 4.78 is 5.39. The molecule has 6 nitrogen and oxygen atoms in total. The van der Waals surface area contributed by atoms with E-state index in [2.05, 4.69) is 12.2 Å². The predicted octanol–water partition coefficient (Wildman–Crippen LogP) is 2.04. The quantitative estimate of drug-likeness (QED) is 0.852. The third-order valence-corrected chi connectivity index (χ3v) is 4.85. The minimum absolute atomic E-state index is 0. The molecule has 7 heteroatoms. The Morgan fingerprint density at radius 2 is 2.20 bits per heavy atom. The number of amides is 2. The smallest absolute Gasteiger partial charge is 0.254 e. The van der Waals surface area contributed by atoms with E-state index >= 15 is 0 Å². The Balaban J connectivity index is 0.00000225. The molecule has 2 aliphatic rings. The number of likely N-dealkylation sites (tertiary alicyclic amines) is 1. The van der Waals surface area contributed by atoms with Crippen LogP contribution in [0.25, 0.3) is 0 Å². The van der Waals surface area contributed by atoms with Crippen molar-refractivity contribution in [2.24, 2.45) is 11.7 Å². The molecular formula is C18H26ClN3O3. The number of nitrogens with zero attached hydrogens (tertiary/aromatic N) is 1. The van der Waals surface area contributed by atoms with Gasteiger partial charge in [0, 0.05) is 30.4 Å². The molecule has 2 aliphatic heterocycles. The summed E-state index contributed by atoms with van der Waals surface area (Å²) >= 11 is 0. The fourth-order valence-corrected chi connectivity index (χ4v) is 3.50. The highest BCUT2D eigenvalue weighted by molar-refractivity contribution is 5.98. The zero-order chi connectivity index (χ0) is 17.1. The second kappa shape index (κ2) is 8.65. The topological polar surface area (TPSA) is 84.7 Å². The van der Waals surface area contributed by atoms with Crippen LogP contribution in [0.2, 0.25) is 0 Å². The van der Waals surface area contributed by atoms with Gasteiger partial charge in [0.1, 0.15) is 6.10 Å². The van der Waals surface area contributed by atoms with Gasteiger partial charge in [-0.1, -0.05) is 6.07 Å². The summed E-state index contributed by atoms with van der Waals surface area (Å²) in [5, 5.41) is 2.85. The average Bonchev–Trinajstić information content (AvgIpc) is 3.24. The van der Waals surface area contributed by atoms with Gasteiger partial charge in [0.25, 0.3) is 11.8 Å². The lowest BCUT2D eigenvalue weighted by Gasteiger charge is -2.22. The minimum Gasteiger partial charge on any atom is -0.368 e. The first kappa shape index (κ1) is 19.7. The maximum absolute atomic E-state index is 12.8. The van der Waals surface area contributed by atoms with Crippen molar-refractivity contribution >= 4 is 29.9 Å². The second-order valence-corrected chi connectivity index (χ2v) is 6.72. The predicted molar refractivity (Wildman–Crippen MR) is 99.0 cm³/mol. The maximum atomic E-state index is 12.8. The van der Waals surface area contributed by atoms with Gasteiger partial charge in [-0.3, -0.25) is 9.59 Å². The number of ether oxygens (including phenoxy) is 1. The first-order valence-electron chi connectivity index (χ1n) is 8.62.